The van der Waals surface area contributed by atoms with E-state index in [0.29, 0.717) is 0 Å². The first-order chi connectivity index (χ1) is 15.0. The largest absolute Gasteiger partial charge is 0.491 e. The van der Waals surface area contributed by atoms with Gasteiger partial charge in [-0.25, -0.2) is 14.3 Å². The van der Waals surface area contributed by atoms with Crippen LogP contribution in [0, 0.1) is 0 Å². The van der Waals surface area contributed by atoms with Gasteiger partial charge in [0.1, 0.15) is 25.0 Å². The van der Waals surface area contributed by atoms with Crippen LogP contribution in [0.1, 0.15) is 5.56 Å². The van der Waals surface area contributed by atoms with Gasteiger partial charge >= 0.3 is 11.9 Å². The molecule has 0 saturated carbocycles. The standard InChI is InChI=1S/C19H20F3N5O5/c1-25-10-24-16-15(25)17(30)27(18(31)26(16)2)8-14(29)23-7-12(28)9-32-13-5-3-11(4-6-13)19(20,21)22/h3-6,10,12,28H,7-9H2,1-2H3,(H,23,29). The van der Waals surface area contributed by atoms with Crippen LogP contribution in [0.4, 0.5) is 13.2 Å². The minimum Gasteiger partial charge on any atom is -0.491 e. The average Bonchev–Trinajstić information content (AvgIpc) is 3.13. The average molecular weight is 455 g/mol. The molecule has 10 nitrogen and oxygen atoms in total. The summed E-state index contributed by atoms with van der Waals surface area (Å²) in [5.74, 6) is -0.581. The van der Waals surface area contributed by atoms with E-state index < -0.39 is 41.5 Å². The summed E-state index contributed by atoms with van der Waals surface area (Å²) in [4.78, 5) is 41.1. The van der Waals surface area contributed by atoms with Gasteiger partial charge in [-0.05, 0) is 24.3 Å². The van der Waals surface area contributed by atoms with Crippen LogP contribution in [0.5, 0.6) is 5.75 Å². The minimum atomic E-state index is -4.47. The summed E-state index contributed by atoms with van der Waals surface area (Å²) >= 11 is 0. The van der Waals surface area contributed by atoms with Gasteiger partial charge in [0.2, 0.25) is 5.91 Å². The number of rotatable bonds is 7. The fourth-order valence-electron chi connectivity index (χ4n) is 2.96. The lowest BCUT2D eigenvalue weighted by Gasteiger charge is -2.14. The SMILES string of the molecule is Cn1cnc2c1c(=O)n(CC(=O)NCC(O)COc1ccc(C(F)(F)F)cc1)c(=O)n2C. The zero-order valence-corrected chi connectivity index (χ0v) is 17.1. The summed E-state index contributed by atoms with van der Waals surface area (Å²) in [6.45, 7) is -1.13. The number of aliphatic hydroxyl groups excluding tert-OH is 1. The second kappa shape index (κ2) is 8.86. The highest BCUT2D eigenvalue weighted by atomic mass is 19.4. The summed E-state index contributed by atoms with van der Waals surface area (Å²) < 4.78 is 46.2. The second-order valence-corrected chi connectivity index (χ2v) is 7.05. The quantitative estimate of drug-likeness (QED) is 0.518. The molecule has 0 aliphatic heterocycles. The predicted octanol–water partition coefficient (Wildman–Crippen LogP) is 0.00860. The van der Waals surface area contributed by atoms with Gasteiger partial charge in [-0.2, -0.15) is 13.2 Å². The van der Waals surface area contributed by atoms with E-state index in [0.717, 1.165) is 33.4 Å². The Morgan fingerprint density at radius 1 is 1.22 bits per heavy atom. The number of halogens is 3. The first-order valence-electron chi connectivity index (χ1n) is 9.34. The third kappa shape index (κ3) is 4.82. The number of carbonyl (C=O) groups excluding carboxylic acids is 1. The fourth-order valence-corrected chi connectivity index (χ4v) is 2.96. The second-order valence-electron chi connectivity index (χ2n) is 7.05. The molecule has 1 aromatic carbocycles. The van der Waals surface area contributed by atoms with Crippen molar-refractivity contribution < 1.29 is 27.8 Å². The fraction of sp³-hybridized carbons (Fsp3) is 0.368. The molecule has 2 N–H and O–H groups in total. The molecule has 0 spiro atoms. The number of alkyl halides is 3. The molecule has 3 rings (SSSR count). The summed E-state index contributed by atoms with van der Waals surface area (Å²) in [6.07, 6.45) is -4.27. The van der Waals surface area contributed by atoms with Crippen molar-refractivity contribution in [2.75, 3.05) is 13.2 Å². The van der Waals surface area contributed by atoms with Crippen LogP contribution in [0.25, 0.3) is 11.2 Å². The lowest BCUT2D eigenvalue weighted by molar-refractivity contribution is -0.137. The first kappa shape index (κ1) is 23.1. The number of carbonyl (C=O) groups is 1. The molecule has 1 atom stereocenters. The van der Waals surface area contributed by atoms with E-state index in [1.807, 2.05) is 0 Å². The Kier molecular flexibility index (Phi) is 6.39. The summed E-state index contributed by atoms with van der Waals surface area (Å²) in [5, 5.41) is 12.3. The minimum absolute atomic E-state index is 0.114. The van der Waals surface area contributed by atoms with E-state index in [2.05, 4.69) is 10.3 Å². The topological polar surface area (TPSA) is 120 Å². The van der Waals surface area contributed by atoms with Crippen molar-refractivity contribution in [2.24, 2.45) is 14.1 Å². The Balaban J connectivity index is 1.57. The first-order valence-corrected chi connectivity index (χ1v) is 9.34. The molecular weight excluding hydrogens is 435 g/mol. The molecule has 0 aliphatic rings. The number of aryl methyl sites for hydroxylation is 2. The van der Waals surface area contributed by atoms with Gasteiger partial charge in [0.25, 0.3) is 5.56 Å². The van der Waals surface area contributed by atoms with Gasteiger partial charge in [0, 0.05) is 20.6 Å². The molecule has 1 unspecified atom stereocenters. The number of benzene rings is 1. The highest BCUT2D eigenvalue weighted by molar-refractivity contribution is 5.76. The predicted molar refractivity (Wildman–Crippen MR) is 106 cm³/mol. The van der Waals surface area contributed by atoms with Gasteiger partial charge in [-0.3, -0.25) is 14.2 Å². The normalized spacial score (nSPS) is 12.7. The number of fused-ring (bicyclic) bond motifs is 1. The summed E-state index contributed by atoms with van der Waals surface area (Å²) in [6, 6.07) is 3.93. The molecule has 1 amide bonds. The Morgan fingerprint density at radius 2 is 1.88 bits per heavy atom. The van der Waals surface area contributed by atoms with Gasteiger partial charge in [0.15, 0.2) is 11.2 Å². The van der Waals surface area contributed by atoms with E-state index >= 15 is 0 Å². The van der Waals surface area contributed by atoms with E-state index in [-0.39, 0.29) is 30.1 Å². The van der Waals surface area contributed by atoms with Gasteiger partial charge in [-0.1, -0.05) is 0 Å². The summed E-state index contributed by atoms with van der Waals surface area (Å²) in [7, 11) is 3.01. The smallest absolute Gasteiger partial charge is 0.416 e. The van der Waals surface area contributed by atoms with Crippen LogP contribution >= 0.6 is 0 Å². The molecule has 0 fully saturated rings. The maximum atomic E-state index is 12.6. The lowest BCUT2D eigenvalue weighted by Crippen LogP contribution is -2.45. The van der Waals surface area contributed by atoms with Gasteiger partial charge < -0.3 is 19.7 Å². The zero-order valence-electron chi connectivity index (χ0n) is 17.1. The number of imidazole rings is 1. The number of ether oxygens (including phenoxy) is 1. The third-order valence-electron chi connectivity index (χ3n) is 4.66. The van der Waals surface area contributed by atoms with Crippen molar-refractivity contribution in [3.63, 3.8) is 0 Å². The van der Waals surface area contributed by atoms with Crippen LogP contribution in [-0.2, 0) is 31.6 Å². The Morgan fingerprint density at radius 3 is 2.50 bits per heavy atom. The number of aliphatic hydroxyl groups is 1. The van der Waals surface area contributed by atoms with E-state index in [4.69, 9.17) is 4.74 Å². The third-order valence-corrected chi connectivity index (χ3v) is 4.66. The van der Waals surface area contributed by atoms with Crippen molar-refractivity contribution in [3.05, 3.63) is 57.0 Å². The molecule has 0 saturated heterocycles. The molecule has 2 aromatic heterocycles. The molecule has 2 heterocycles. The van der Waals surface area contributed by atoms with Gasteiger partial charge in [0.05, 0.1) is 11.9 Å². The van der Waals surface area contributed by atoms with Crippen molar-refractivity contribution in [3.8, 4) is 5.75 Å². The molecule has 172 valence electrons. The monoisotopic (exact) mass is 455 g/mol. The summed E-state index contributed by atoms with van der Waals surface area (Å²) in [5.41, 5.74) is -1.88. The highest BCUT2D eigenvalue weighted by Gasteiger charge is 2.30. The van der Waals surface area contributed by atoms with Crippen LogP contribution in [0.15, 0.2) is 40.2 Å². The van der Waals surface area contributed by atoms with Crippen LogP contribution < -0.4 is 21.3 Å². The number of aromatic nitrogens is 4. The molecule has 0 aliphatic carbocycles. The molecular formula is C19H20F3N5O5. The van der Waals surface area contributed by atoms with Crippen molar-refractivity contribution in [1.29, 1.82) is 0 Å². The maximum absolute atomic E-state index is 12.6. The van der Waals surface area contributed by atoms with Gasteiger partial charge in [-0.15, -0.1) is 0 Å². The van der Waals surface area contributed by atoms with E-state index in [1.165, 1.54) is 17.9 Å². The lowest BCUT2D eigenvalue weighted by atomic mass is 10.2. The van der Waals surface area contributed by atoms with Crippen LogP contribution in [0.3, 0.4) is 0 Å². The van der Waals surface area contributed by atoms with E-state index in [1.54, 1.807) is 7.05 Å². The Labute approximate surface area is 178 Å². The molecule has 0 bridgehead atoms. The number of nitrogens with one attached hydrogen (secondary N) is 1. The number of nitrogens with zero attached hydrogens (tertiary/aromatic N) is 4. The van der Waals surface area contributed by atoms with Crippen molar-refractivity contribution in [2.45, 2.75) is 18.8 Å². The zero-order chi connectivity index (χ0) is 23.6. The molecule has 0 radical (unpaired) electrons. The Hall–Kier alpha value is -3.61. The Bertz CT molecular complexity index is 1240. The van der Waals surface area contributed by atoms with E-state index in [9.17, 15) is 32.7 Å². The molecule has 3 aromatic rings. The van der Waals surface area contributed by atoms with Crippen LogP contribution in [0.2, 0.25) is 0 Å². The number of amides is 1. The van der Waals surface area contributed by atoms with Crippen molar-refractivity contribution >= 4 is 17.1 Å². The number of hydrogen-bond acceptors (Lipinski definition) is 6. The van der Waals surface area contributed by atoms with Crippen molar-refractivity contribution in [1.82, 2.24) is 24.0 Å². The molecule has 13 heteroatoms. The molecule has 32 heavy (non-hydrogen) atoms. The number of hydrogen-bond donors (Lipinski definition) is 2. The van der Waals surface area contributed by atoms with Crippen LogP contribution in [-0.4, -0.2) is 49.0 Å². The highest BCUT2D eigenvalue weighted by Crippen LogP contribution is 2.30. The maximum Gasteiger partial charge on any atom is 0.416 e.